The van der Waals surface area contributed by atoms with Crippen molar-refractivity contribution in [2.45, 2.75) is 57.5 Å². The molecule has 0 unspecified atom stereocenters. The number of hydrogen-bond acceptors (Lipinski definition) is 6. The topological polar surface area (TPSA) is 102 Å². The number of piperidine rings is 3. The van der Waals surface area contributed by atoms with Crippen molar-refractivity contribution in [3.63, 3.8) is 0 Å². The van der Waals surface area contributed by atoms with Crippen LogP contribution < -0.4 is 10.2 Å². The summed E-state index contributed by atoms with van der Waals surface area (Å²) in [5.41, 5.74) is 0.344. The zero-order valence-corrected chi connectivity index (χ0v) is 16.9. The minimum atomic E-state index is -0.00476. The number of rotatable bonds is 5. The van der Waals surface area contributed by atoms with Crippen LogP contribution in [-0.2, 0) is 9.59 Å². The van der Waals surface area contributed by atoms with Crippen LogP contribution in [0.2, 0.25) is 0 Å². The number of hydrogen-bond donors (Lipinski definition) is 1. The molecule has 1 aromatic rings. The van der Waals surface area contributed by atoms with E-state index in [4.69, 9.17) is 0 Å². The van der Waals surface area contributed by atoms with Crippen molar-refractivity contribution in [3.05, 3.63) is 18.1 Å². The summed E-state index contributed by atoms with van der Waals surface area (Å²) in [6, 6.07) is 2.35. The molecule has 0 saturated carbocycles. The van der Waals surface area contributed by atoms with Gasteiger partial charge in [0, 0.05) is 50.9 Å². The van der Waals surface area contributed by atoms with Gasteiger partial charge in [-0.3, -0.25) is 9.59 Å². The second kappa shape index (κ2) is 8.36. The molecule has 1 aromatic heterocycles. The lowest BCUT2D eigenvalue weighted by atomic mass is 9.72. The van der Waals surface area contributed by atoms with E-state index in [1.165, 1.54) is 0 Å². The normalized spacial score (nSPS) is 28.5. The lowest BCUT2D eigenvalue weighted by Gasteiger charge is -2.56. The Morgan fingerprint density at radius 1 is 1.31 bits per heavy atom. The Bertz CT molecular complexity index is 822. The Labute approximate surface area is 171 Å². The van der Waals surface area contributed by atoms with Crippen molar-refractivity contribution >= 4 is 17.6 Å². The van der Waals surface area contributed by atoms with E-state index in [0.29, 0.717) is 43.4 Å². The molecule has 3 aliphatic heterocycles. The van der Waals surface area contributed by atoms with E-state index in [2.05, 4.69) is 31.2 Å². The van der Waals surface area contributed by atoms with Crippen molar-refractivity contribution in [2.75, 3.05) is 24.5 Å². The van der Waals surface area contributed by atoms with Crippen molar-refractivity contribution in [3.8, 4) is 6.07 Å². The van der Waals surface area contributed by atoms with Crippen molar-refractivity contribution in [1.82, 2.24) is 20.2 Å². The van der Waals surface area contributed by atoms with E-state index in [9.17, 15) is 14.9 Å². The molecule has 8 heteroatoms. The Morgan fingerprint density at radius 3 is 2.90 bits per heavy atom. The standard InChI is InChI=1S/C21H28N6O2/c1-2-4-19(28)25-11-18-15-9-14(17-5-3-6-20(29)27(17)18)12-26(13-15)21-16(10-22)23-7-8-24-21/h7-8,14-15,17-18H,2-6,9,11-13H2,1H3,(H,25,28)/t14-,15+,17+,18+/m1/s1. The molecule has 4 rings (SSSR count). The van der Waals surface area contributed by atoms with Crippen LogP contribution in [0.4, 0.5) is 5.82 Å². The summed E-state index contributed by atoms with van der Waals surface area (Å²) in [5.74, 6) is 1.49. The highest BCUT2D eigenvalue weighted by atomic mass is 16.2. The molecule has 3 fully saturated rings. The zero-order valence-electron chi connectivity index (χ0n) is 16.9. The first-order valence-corrected chi connectivity index (χ1v) is 10.7. The maximum absolute atomic E-state index is 12.8. The minimum Gasteiger partial charge on any atom is -0.354 e. The minimum absolute atomic E-state index is 0.00476. The van der Waals surface area contributed by atoms with Crippen LogP contribution in [0.1, 0.15) is 51.1 Å². The number of nitriles is 1. The number of carbonyl (C=O) groups excluding carboxylic acids is 2. The lowest BCUT2D eigenvalue weighted by Crippen LogP contribution is -2.67. The fourth-order valence-corrected chi connectivity index (χ4v) is 5.39. The molecule has 2 bridgehead atoms. The van der Waals surface area contributed by atoms with Gasteiger partial charge in [0.1, 0.15) is 6.07 Å². The molecule has 4 heterocycles. The van der Waals surface area contributed by atoms with Crippen LogP contribution >= 0.6 is 0 Å². The first-order valence-electron chi connectivity index (χ1n) is 10.7. The molecule has 0 aliphatic carbocycles. The molecule has 0 spiro atoms. The molecule has 0 aromatic carbocycles. The van der Waals surface area contributed by atoms with Gasteiger partial charge in [-0.15, -0.1) is 0 Å². The van der Waals surface area contributed by atoms with Crippen LogP contribution in [-0.4, -0.2) is 58.4 Å². The molecule has 2 amide bonds. The Morgan fingerprint density at radius 2 is 2.10 bits per heavy atom. The van der Waals surface area contributed by atoms with Gasteiger partial charge >= 0.3 is 0 Å². The summed E-state index contributed by atoms with van der Waals surface area (Å²) < 4.78 is 0. The number of amides is 2. The Balaban J connectivity index is 1.60. The molecule has 4 atom stereocenters. The second-order valence-corrected chi connectivity index (χ2v) is 8.38. The lowest BCUT2D eigenvalue weighted by molar-refractivity contribution is -0.149. The Kier molecular flexibility index (Phi) is 5.65. The SMILES string of the molecule is CCCC(=O)NC[C@H]1[C@H]2C[C@H](CN(c3nccnc3C#N)C2)[C@@H]2CCCC(=O)N21. The number of nitrogens with one attached hydrogen (secondary N) is 1. The fourth-order valence-electron chi connectivity index (χ4n) is 5.39. The van der Waals surface area contributed by atoms with Gasteiger partial charge in [-0.25, -0.2) is 9.97 Å². The van der Waals surface area contributed by atoms with Crippen LogP contribution in [0, 0.1) is 23.2 Å². The van der Waals surface area contributed by atoms with Gasteiger partial charge < -0.3 is 15.1 Å². The van der Waals surface area contributed by atoms with Crippen molar-refractivity contribution < 1.29 is 9.59 Å². The van der Waals surface area contributed by atoms with Crippen LogP contribution in [0.3, 0.4) is 0 Å². The maximum Gasteiger partial charge on any atom is 0.223 e. The highest BCUT2D eigenvalue weighted by Gasteiger charge is 2.49. The van der Waals surface area contributed by atoms with Gasteiger partial charge in [-0.05, 0) is 37.5 Å². The first-order chi connectivity index (χ1) is 14.1. The first kappa shape index (κ1) is 19.6. The maximum atomic E-state index is 12.8. The Hall–Kier alpha value is -2.69. The highest BCUT2D eigenvalue weighted by Crippen LogP contribution is 2.42. The average Bonchev–Trinajstić information content (AvgIpc) is 2.74. The second-order valence-electron chi connectivity index (χ2n) is 8.38. The predicted octanol–water partition coefficient (Wildman–Crippen LogP) is 1.47. The van der Waals surface area contributed by atoms with Crippen LogP contribution in [0.15, 0.2) is 12.4 Å². The van der Waals surface area contributed by atoms with E-state index >= 15 is 0 Å². The van der Waals surface area contributed by atoms with E-state index in [1.807, 2.05) is 6.92 Å². The molecule has 8 nitrogen and oxygen atoms in total. The molecule has 29 heavy (non-hydrogen) atoms. The van der Waals surface area contributed by atoms with Crippen LogP contribution in [0.25, 0.3) is 0 Å². The zero-order chi connectivity index (χ0) is 20.4. The summed E-state index contributed by atoms with van der Waals surface area (Å²) in [4.78, 5) is 37.8. The van der Waals surface area contributed by atoms with E-state index in [1.54, 1.807) is 12.4 Å². The molecular weight excluding hydrogens is 368 g/mol. The summed E-state index contributed by atoms with van der Waals surface area (Å²) in [6.07, 6.45) is 8.05. The van der Waals surface area contributed by atoms with Gasteiger partial charge in [-0.2, -0.15) is 5.26 Å². The average molecular weight is 396 g/mol. The quantitative estimate of drug-likeness (QED) is 0.809. The summed E-state index contributed by atoms with van der Waals surface area (Å²) in [5, 5.41) is 12.5. The van der Waals surface area contributed by atoms with Gasteiger partial charge in [0.2, 0.25) is 11.8 Å². The monoisotopic (exact) mass is 396 g/mol. The predicted molar refractivity (Wildman–Crippen MR) is 107 cm³/mol. The number of nitrogens with zero attached hydrogens (tertiary/aromatic N) is 5. The fraction of sp³-hybridized carbons (Fsp3) is 0.667. The number of fused-ring (bicyclic) bond motifs is 4. The van der Waals surface area contributed by atoms with Crippen LogP contribution in [0.5, 0.6) is 0 Å². The summed E-state index contributed by atoms with van der Waals surface area (Å²) in [7, 11) is 0. The van der Waals surface area contributed by atoms with E-state index in [0.717, 1.165) is 32.2 Å². The van der Waals surface area contributed by atoms with Crippen molar-refractivity contribution in [2.24, 2.45) is 11.8 Å². The third kappa shape index (κ3) is 3.78. The third-order valence-electron chi connectivity index (χ3n) is 6.57. The van der Waals surface area contributed by atoms with Crippen molar-refractivity contribution in [1.29, 1.82) is 5.26 Å². The summed E-state index contributed by atoms with van der Waals surface area (Å²) >= 11 is 0. The van der Waals surface area contributed by atoms with E-state index < -0.39 is 0 Å². The summed E-state index contributed by atoms with van der Waals surface area (Å²) in [6.45, 7) is 3.99. The van der Waals surface area contributed by atoms with Gasteiger partial charge in [0.05, 0.1) is 6.04 Å². The van der Waals surface area contributed by atoms with E-state index in [-0.39, 0.29) is 29.8 Å². The number of aromatic nitrogens is 2. The van der Waals surface area contributed by atoms with Gasteiger partial charge in [0.15, 0.2) is 11.5 Å². The molecule has 1 N–H and O–H groups in total. The number of carbonyl (C=O) groups is 2. The molecular formula is C21H28N6O2. The number of anilines is 1. The third-order valence-corrected chi connectivity index (χ3v) is 6.57. The largest absolute Gasteiger partial charge is 0.354 e. The molecule has 3 saturated heterocycles. The van der Waals surface area contributed by atoms with Gasteiger partial charge in [0.25, 0.3) is 0 Å². The smallest absolute Gasteiger partial charge is 0.223 e. The molecule has 3 aliphatic rings. The highest BCUT2D eigenvalue weighted by molar-refractivity contribution is 5.79. The van der Waals surface area contributed by atoms with Gasteiger partial charge in [-0.1, -0.05) is 6.92 Å². The molecule has 0 radical (unpaired) electrons. The molecule has 154 valence electrons.